The fourth-order valence-corrected chi connectivity index (χ4v) is 4.83. The summed E-state index contributed by atoms with van der Waals surface area (Å²) in [5, 5.41) is 3.03. The van der Waals surface area contributed by atoms with Gasteiger partial charge in [-0.3, -0.25) is 14.4 Å². The van der Waals surface area contributed by atoms with Crippen LogP contribution in [0, 0.1) is 26.7 Å². The summed E-state index contributed by atoms with van der Waals surface area (Å²) in [7, 11) is 1.50. The Balaban J connectivity index is 2.09. The van der Waals surface area contributed by atoms with E-state index in [1.165, 1.54) is 17.7 Å². The van der Waals surface area contributed by atoms with E-state index in [-0.39, 0.29) is 30.4 Å². The third kappa shape index (κ3) is 7.34. The standard InChI is InChI=1S/C31H39N3O5/c1-8-39-28(36)17-25(33-30(37)26(14-19(2)3)34-13-12-20(4)15-27(34)35)24-16-23(18-32-31(24)38-7)29-21(5)10-9-11-22(29)6/h9-13,15-16,18-19,25-26H,8,14,17H2,1-7H3,(H,33,37). The summed E-state index contributed by atoms with van der Waals surface area (Å²) in [5.41, 5.74) is 5.15. The number of hydrogen-bond donors (Lipinski definition) is 1. The highest BCUT2D eigenvalue weighted by Gasteiger charge is 2.29. The number of rotatable bonds is 11. The maximum atomic E-state index is 13.8. The fourth-order valence-electron chi connectivity index (χ4n) is 4.83. The summed E-state index contributed by atoms with van der Waals surface area (Å²) >= 11 is 0. The first-order chi connectivity index (χ1) is 18.5. The number of nitrogens with one attached hydrogen (secondary N) is 1. The molecule has 0 aliphatic carbocycles. The minimum absolute atomic E-state index is 0.120. The molecule has 0 aliphatic rings. The molecule has 0 radical (unpaired) electrons. The third-order valence-electron chi connectivity index (χ3n) is 6.65. The van der Waals surface area contributed by atoms with Crippen molar-refractivity contribution in [1.29, 1.82) is 0 Å². The summed E-state index contributed by atoms with van der Waals surface area (Å²) in [6.45, 7) is 11.8. The van der Waals surface area contributed by atoms with Gasteiger partial charge in [0.05, 0.1) is 26.2 Å². The molecule has 8 nitrogen and oxygen atoms in total. The van der Waals surface area contributed by atoms with Gasteiger partial charge in [-0.1, -0.05) is 32.0 Å². The van der Waals surface area contributed by atoms with E-state index in [1.807, 2.05) is 58.9 Å². The number of ether oxygens (including phenoxy) is 2. The van der Waals surface area contributed by atoms with Crippen molar-refractivity contribution in [2.45, 2.75) is 66.5 Å². The Bertz CT molecular complexity index is 1360. The number of aryl methyl sites for hydroxylation is 3. The van der Waals surface area contributed by atoms with Gasteiger partial charge < -0.3 is 19.4 Å². The normalized spacial score (nSPS) is 12.6. The van der Waals surface area contributed by atoms with Crippen LogP contribution in [-0.4, -0.2) is 35.1 Å². The largest absolute Gasteiger partial charge is 0.481 e. The summed E-state index contributed by atoms with van der Waals surface area (Å²) in [5.74, 6) is -0.396. The van der Waals surface area contributed by atoms with E-state index in [2.05, 4.69) is 10.3 Å². The number of aromatic nitrogens is 2. The molecule has 2 unspecified atom stereocenters. The first-order valence-corrected chi connectivity index (χ1v) is 13.3. The lowest BCUT2D eigenvalue weighted by Crippen LogP contribution is -2.40. The molecule has 2 atom stereocenters. The number of nitrogens with zero attached hydrogens (tertiary/aromatic N) is 2. The van der Waals surface area contributed by atoms with Gasteiger partial charge in [-0.15, -0.1) is 0 Å². The van der Waals surface area contributed by atoms with E-state index in [9.17, 15) is 14.4 Å². The van der Waals surface area contributed by atoms with Gasteiger partial charge in [0, 0.05) is 29.6 Å². The maximum absolute atomic E-state index is 13.8. The van der Waals surface area contributed by atoms with E-state index in [0.29, 0.717) is 17.9 Å². The molecular weight excluding hydrogens is 494 g/mol. The van der Waals surface area contributed by atoms with Crippen LogP contribution in [0.5, 0.6) is 5.88 Å². The highest BCUT2D eigenvalue weighted by molar-refractivity contribution is 5.82. The van der Waals surface area contributed by atoms with Crippen molar-refractivity contribution in [2.24, 2.45) is 5.92 Å². The molecule has 1 amide bonds. The van der Waals surface area contributed by atoms with Crippen molar-refractivity contribution < 1.29 is 19.1 Å². The monoisotopic (exact) mass is 533 g/mol. The molecule has 3 aromatic rings. The van der Waals surface area contributed by atoms with Crippen molar-refractivity contribution in [3.63, 3.8) is 0 Å². The average Bonchev–Trinajstić information content (AvgIpc) is 2.87. The van der Waals surface area contributed by atoms with Gasteiger partial charge in [-0.2, -0.15) is 0 Å². The van der Waals surface area contributed by atoms with Gasteiger partial charge in [-0.25, -0.2) is 4.98 Å². The topological polar surface area (TPSA) is 99.5 Å². The van der Waals surface area contributed by atoms with Gasteiger partial charge in [0.2, 0.25) is 11.8 Å². The summed E-state index contributed by atoms with van der Waals surface area (Å²) in [6.07, 6.45) is 3.70. The second-order valence-electron chi connectivity index (χ2n) is 10.3. The third-order valence-corrected chi connectivity index (χ3v) is 6.65. The van der Waals surface area contributed by atoms with E-state index >= 15 is 0 Å². The second kappa shape index (κ2) is 13.2. The maximum Gasteiger partial charge on any atom is 0.308 e. The van der Waals surface area contributed by atoms with Crippen molar-refractivity contribution in [3.05, 3.63) is 81.4 Å². The zero-order valence-electron chi connectivity index (χ0n) is 23.9. The molecule has 1 N–H and O–H groups in total. The second-order valence-corrected chi connectivity index (χ2v) is 10.3. The average molecular weight is 534 g/mol. The Hall–Kier alpha value is -3.94. The number of carbonyl (C=O) groups excluding carboxylic acids is 2. The highest BCUT2D eigenvalue weighted by atomic mass is 16.5. The Labute approximate surface area is 230 Å². The molecule has 0 aliphatic heterocycles. The van der Waals surface area contributed by atoms with Crippen LogP contribution in [0.1, 0.15) is 68.0 Å². The molecule has 3 rings (SSSR count). The van der Waals surface area contributed by atoms with Crippen molar-refractivity contribution in [1.82, 2.24) is 14.9 Å². The Morgan fingerprint density at radius 2 is 1.77 bits per heavy atom. The Morgan fingerprint density at radius 3 is 2.36 bits per heavy atom. The number of carbonyl (C=O) groups is 2. The molecule has 2 aromatic heterocycles. The van der Waals surface area contributed by atoms with E-state index < -0.39 is 18.1 Å². The van der Waals surface area contributed by atoms with Crippen LogP contribution < -0.4 is 15.6 Å². The fraction of sp³-hybridized carbons (Fsp3) is 0.419. The first-order valence-electron chi connectivity index (χ1n) is 13.3. The summed E-state index contributed by atoms with van der Waals surface area (Å²) in [4.78, 5) is 43.9. The van der Waals surface area contributed by atoms with Crippen LogP contribution in [0.3, 0.4) is 0 Å². The molecule has 8 heteroatoms. The van der Waals surface area contributed by atoms with E-state index in [1.54, 1.807) is 25.4 Å². The quantitative estimate of drug-likeness (QED) is 0.338. The van der Waals surface area contributed by atoms with Crippen LogP contribution in [0.25, 0.3) is 11.1 Å². The van der Waals surface area contributed by atoms with Crippen LogP contribution >= 0.6 is 0 Å². The molecule has 0 spiro atoms. The lowest BCUT2D eigenvalue weighted by molar-refractivity contribution is -0.144. The molecule has 0 fully saturated rings. The first kappa shape index (κ1) is 29.6. The van der Waals surface area contributed by atoms with E-state index in [4.69, 9.17) is 9.47 Å². The number of amides is 1. The number of hydrogen-bond acceptors (Lipinski definition) is 6. The van der Waals surface area contributed by atoms with Gasteiger partial charge in [0.1, 0.15) is 6.04 Å². The van der Waals surface area contributed by atoms with Crippen molar-refractivity contribution >= 4 is 11.9 Å². The van der Waals surface area contributed by atoms with Crippen molar-refractivity contribution in [2.75, 3.05) is 13.7 Å². The highest BCUT2D eigenvalue weighted by Crippen LogP contribution is 2.34. The van der Waals surface area contributed by atoms with Gasteiger partial charge in [0.25, 0.3) is 5.56 Å². The smallest absolute Gasteiger partial charge is 0.308 e. The molecule has 1 aromatic carbocycles. The Kier molecular flexibility index (Phi) is 10.0. The minimum atomic E-state index is -0.793. The SMILES string of the molecule is CCOC(=O)CC(NC(=O)C(CC(C)C)n1ccc(C)cc1=O)c1cc(-c2c(C)cccc2C)cnc1OC. The van der Waals surface area contributed by atoms with Crippen molar-refractivity contribution in [3.8, 4) is 17.0 Å². The molecule has 0 saturated carbocycles. The van der Waals surface area contributed by atoms with Gasteiger partial charge >= 0.3 is 5.97 Å². The molecule has 0 saturated heterocycles. The number of esters is 1. The van der Waals surface area contributed by atoms with Crippen LogP contribution in [0.15, 0.2) is 53.6 Å². The minimum Gasteiger partial charge on any atom is -0.481 e. The van der Waals surface area contributed by atoms with Crippen LogP contribution in [0.2, 0.25) is 0 Å². The lowest BCUT2D eigenvalue weighted by atomic mass is 9.94. The zero-order valence-corrected chi connectivity index (χ0v) is 23.9. The molecule has 208 valence electrons. The van der Waals surface area contributed by atoms with E-state index in [0.717, 1.165) is 27.8 Å². The molecule has 0 bridgehead atoms. The number of benzene rings is 1. The summed E-state index contributed by atoms with van der Waals surface area (Å²) < 4.78 is 12.3. The summed E-state index contributed by atoms with van der Waals surface area (Å²) in [6, 6.07) is 9.72. The zero-order chi connectivity index (χ0) is 28.7. The molecule has 39 heavy (non-hydrogen) atoms. The van der Waals surface area contributed by atoms with Gasteiger partial charge in [-0.05, 0) is 74.4 Å². The number of methoxy groups -OCH3 is 1. The number of pyridine rings is 2. The van der Waals surface area contributed by atoms with Crippen LogP contribution in [-0.2, 0) is 14.3 Å². The Morgan fingerprint density at radius 1 is 1.08 bits per heavy atom. The molecular formula is C31H39N3O5. The predicted molar refractivity (Wildman–Crippen MR) is 152 cm³/mol. The van der Waals surface area contributed by atoms with Crippen LogP contribution in [0.4, 0.5) is 0 Å². The van der Waals surface area contributed by atoms with Gasteiger partial charge in [0.15, 0.2) is 0 Å². The lowest BCUT2D eigenvalue weighted by Gasteiger charge is -2.26. The predicted octanol–water partition coefficient (Wildman–Crippen LogP) is 5.24. The molecule has 2 heterocycles.